The Labute approximate surface area is 96.3 Å². The largest absolute Gasteiger partial charge is 0.493 e. The quantitative estimate of drug-likeness (QED) is 0.619. The first-order valence-electron chi connectivity index (χ1n) is 5.69. The van der Waals surface area contributed by atoms with E-state index < -0.39 is 0 Å². The summed E-state index contributed by atoms with van der Waals surface area (Å²) in [6, 6.07) is 5.87. The summed E-state index contributed by atoms with van der Waals surface area (Å²) in [6.45, 7) is 0.650. The topological polar surface area (TPSA) is 29.5 Å². The molecule has 0 saturated heterocycles. The van der Waals surface area contributed by atoms with Crippen molar-refractivity contribution in [3.63, 3.8) is 0 Å². The number of hydrogen-bond donors (Lipinski definition) is 1. The van der Waals surface area contributed by atoms with Crippen LogP contribution in [-0.4, -0.2) is 11.7 Å². The highest BCUT2D eigenvalue weighted by atomic mass is 16.5. The average Bonchev–Trinajstić information content (AvgIpc) is 2.68. The molecule has 2 heteroatoms. The standard InChI is InChI=1S/C14H16O2/c1-2-3-4-10-16-14-7-5-6-11-12(14)8-9-13(11)15/h1,5-7,13,15H,3-4,8-10H2. The lowest BCUT2D eigenvalue weighted by molar-refractivity contribution is 0.180. The van der Waals surface area contributed by atoms with Crippen LogP contribution in [0.4, 0.5) is 0 Å². The Morgan fingerprint density at radius 2 is 2.38 bits per heavy atom. The molecule has 1 aliphatic carbocycles. The van der Waals surface area contributed by atoms with Crippen molar-refractivity contribution in [1.29, 1.82) is 0 Å². The molecule has 0 aliphatic heterocycles. The van der Waals surface area contributed by atoms with Crippen LogP contribution in [0.5, 0.6) is 5.75 Å². The van der Waals surface area contributed by atoms with Gasteiger partial charge in [0.15, 0.2) is 0 Å². The molecule has 1 aromatic rings. The van der Waals surface area contributed by atoms with Gasteiger partial charge < -0.3 is 9.84 Å². The van der Waals surface area contributed by atoms with E-state index in [0.29, 0.717) is 6.61 Å². The molecule has 1 aliphatic rings. The van der Waals surface area contributed by atoms with Crippen LogP contribution in [0.25, 0.3) is 0 Å². The van der Waals surface area contributed by atoms with Gasteiger partial charge in [0.05, 0.1) is 12.7 Å². The first-order chi connectivity index (χ1) is 7.83. The number of rotatable bonds is 4. The van der Waals surface area contributed by atoms with Gasteiger partial charge in [0, 0.05) is 12.0 Å². The minimum atomic E-state index is -0.316. The minimum absolute atomic E-state index is 0.316. The molecule has 0 spiro atoms. The number of ether oxygens (including phenoxy) is 1. The lowest BCUT2D eigenvalue weighted by Crippen LogP contribution is -2.00. The lowest BCUT2D eigenvalue weighted by atomic mass is 10.1. The molecule has 84 valence electrons. The van der Waals surface area contributed by atoms with E-state index in [-0.39, 0.29) is 6.10 Å². The highest BCUT2D eigenvalue weighted by molar-refractivity contribution is 5.44. The molecule has 0 amide bonds. The molecule has 0 aromatic heterocycles. The molecule has 0 radical (unpaired) electrons. The van der Waals surface area contributed by atoms with Crippen molar-refractivity contribution < 1.29 is 9.84 Å². The van der Waals surface area contributed by atoms with Crippen LogP contribution in [0.3, 0.4) is 0 Å². The van der Waals surface area contributed by atoms with Gasteiger partial charge in [-0.15, -0.1) is 12.3 Å². The second kappa shape index (κ2) is 5.05. The highest BCUT2D eigenvalue weighted by Crippen LogP contribution is 2.36. The molecule has 0 bridgehead atoms. The maximum Gasteiger partial charge on any atom is 0.122 e. The van der Waals surface area contributed by atoms with E-state index in [1.54, 1.807) is 0 Å². The van der Waals surface area contributed by atoms with Gasteiger partial charge in [-0.05, 0) is 30.9 Å². The highest BCUT2D eigenvalue weighted by Gasteiger charge is 2.22. The number of unbranched alkanes of at least 4 members (excludes halogenated alkanes) is 1. The molecule has 1 aromatic carbocycles. The second-order valence-corrected chi connectivity index (χ2v) is 4.03. The predicted octanol–water partition coefficient (Wildman–Crippen LogP) is 2.46. The molecule has 0 heterocycles. The van der Waals surface area contributed by atoms with Gasteiger partial charge >= 0.3 is 0 Å². The maximum absolute atomic E-state index is 9.73. The summed E-state index contributed by atoms with van der Waals surface area (Å²) in [5.41, 5.74) is 2.19. The normalized spacial score (nSPS) is 17.9. The lowest BCUT2D eigenvalue weighted by Gasteiger charge is -2.10. The van der Waals surface area contributed by atoms with Gasteiger partial charge in [0.2, 0.25) is 0 Å². The molecule has 2 nitrogen and oxygen atoms in total. The Hall–Kier alpha value is -1.46. The number of aliphatic hydroxyl groups is 1. The Morgan fingerprint density at radius 1 is 1.50 bits per heavy atom. The van der Waals surface area contributed by atoms with Crippen LogP contribution < -0.4 is 4.74 Å². The molecular weight excluding hydrogens is 200 g/mol. The van der Waals surface area contributed by atoms with Crippen molar-refractivity contribution >= 4 is 0 Å². The fraction of sp³-hybridized carbons (Fsp3) is 0.429. The first-order valence-corrected chi connectivity index (χ1v) is 5.69. The van der Waals surface area contributed by atoms with Crippen LogP contribution in [0.1, 0.15) is 36.5 Å². The van der Waals surface area contributed by atoms with Crippen molar-refractivity contribution in [3.05, 3.63) is 29.3 Å². The van der Waals surface area contributed by atoms with Gasteiger partial charge in [0.25, 0.3) is 0 Å². The average molecular weight is 216 g/mol. The van der Waals surface area contributed by atoms with Crippen LogP contribution >= 0.6 is 0 Å². The van der Waals surface area contributed by atoms with Crippen molar-refractivity contribution in [2.24, 2.45) is 0 Å². The third kappa shape index (κ3) is 2.20. The van der Waals surface area contributed by atoms with Gasteiger partial charge in [0.1, 0.15) is 5.75 Å². The SMILES string of the molecule is C#CCCCOc1cccc2c1CCC2O. The summed E-state index contributed by atoms with van der Waals surface area (Å²) in [6.07, 6.45) is 8.20. The first kappa shape index (κ1) is 11.0. The molecule has 0 fully saturated rings. The summed E-state index contributed by atoms with van der Waals surface area (Å²) >= 11 is 0. The summed E-state index contributed by atoms with van der Waals surface area (Å²) in [5, 5.41) is 9.73. The van der Waals surface area contributed by atoms with E-state index in [9.17, 15) is 5.11 Å². The molecule has 0 saturated carbocycles. The van der Waals surface area contributed by atoms with E-state index in [4.69, 9.17) is 11.2 Å². The van der Waals surface area contributed by atoms with Crippen LogP contribution in [-0.2, 0) is 6.42 Å². The number of aliphatic hydroxyl groups excluding tert-OH is 1. The third-order valence-electron chi connectivity index (χ3n) is 2.92. The van der Waals surface area contributed by atoms with Gasteiger partial charge in [-0.1, -0.05) is 12.1 Å². The Morgan fingerprint density at radius 3 is 3.19 bits per heavy atom. The predicted molar refractivity (Wildman–Crippen MR) is 63.3 cm³/mol. The van der Waals surface area contributed by atoms with E-state index in [2.05, 4.69) is 5.92 Å². The molecule has 2 rings (SSSR count). The minimum Gasteiger partial charge on any atom is -0.493 e. The Bertz CT molecular complexity index is 404. The molecule has 16 heavy (non-hydrogen) atoms. The summed E-state index contributed by atoms with van der Waals surface area (Å²) in [5.74, 6) is 3.50. The second-order valence-electron chi connectivity index (χ2n) is 4.03. The van der Waals surface area contributed by atoms with E-state index >= 15 is 0 Å². The van der Waals surface area contributed by atoms with Crippen molar-refractivity contribution in [2.45, 2.75) is 31.8 Å². The van der Waals surface area contributed by atoms with Crippen LogP contribution in [0, 0.1) is 12.3 Å². The van der Waals surface area contributed by atoms with E-state index in [0.717, 1.165) is 42.6 Å². The molecule has 1 unspecified atom stereocenters. The summed E-state index contributed by atoms with van der Waals surface area (Å²) in [7, 11) is 0. The van der Waals surface area contributed by atoms with Gasteiger partial charge in [-0.25, -0.2) is 0 Å². The van der Waals surface area contributed by atoms with Crippen LogP contribution in [0.2, 0.25) is 0 Å². The number of hydrogen-bond acceptors (Lipinski definition) is 2. The molecule has 1 atom stereocenters. The summed E-state index contributed by atoms with van der Waals surface area (Å²) in [4.78, 5) is 0. The van der Waals surface area contributed by atoms with E-state index in [1.165, 1.54) is 0 Å². The smallest absolute Gasteiger partial charge is 0.122 e. The van der Waals surface area contributed by atoms with Crippen molar-refractivity contribution in [3.8, 4) is 18.1 Å². The maximum atomic E-state index is 9.73. The third-order valence-corrected chi connectivity index (χ3v) is 2.92. The zero-order valence-corrected chi connectivity index (χ0v) is 9.28. The fourth-order valence-corrected chi connectivity index (χ4v) is 2.09. The Kier molecular flexibility index (Phi) is 3.48. The van der Waals surface area contributed by atoms with Crippen molar-refractivity contribution in [2.75, 3.05) is 6.61 Å². The Balaban J connectivity index is 2.03. The number of fused-ring (bicyclic) bond motifs is 1. The van der Waals surface area contributed by atoms with Crippen molar-refractivity contribution in [1.82, 2.24) is 0 Å². The van der Waals surface area contributed by atoms with Crippen LogP contribution in [0.15, 0.2) is 18.2 Å². The zero-order valence-electron chi connectivity index (χ0n) is 9.28. The van der Waals surface area contributed by atoms with E-state index in [1.807, 2.05) is 18.2 Å². The van der Waals surface area contributed by atoms with Gasteiger partial charge in [-0.2, -0.15) is 0 Å². The fourth-order valence-electron chi connectivity index (χ4n) is 2.09. The number of terminal acetylenes is 1. The molecular formula is C14H16O2. The monoisotopic (exact) mass is 216 g/mol. The zero-order chi connectivity index (χ0) is 11.4. The number of benzene rings is 1. The molecule has 1 N–H and O–H groups in total. The summed E-state index contributed by atoms with van der Waals surface area (Å²) < 4.78 is 5.69. The van der Waals surface area contributed by atoms with Gasteiger partial charge in [-0.3, -0.25) is 0 Å².